The molecular weight excluding hydrogens is 406 g/mol. The molecule has 158 valence electrons. The molecular formula is C21H23N3O5S. The molecule has 0 radical (unpaired) electrons. The van der Waals surface area contributed by atoms with Crippen LogP contribution in [0.5, 0.6) is 11.6 Å². The lowest BCUT2D eigenvalue weighted by Gasteiger charge is -2.16. The highest BCUT2D eigenvalue weighted by Gasteiger charge is 2.22. The molecule has 0 amide bonds. The summed E-state index contributed by atoms with van der Waals surface area (Å²) in [6.07, 6.45) is 2.23. The van der Waals surface area contributed by atoms with Gasteiger partial charge < -0.3 is 14.9 Å². The molecule has 0 saturated heterocycles. The second kappa shape index (κ2) is 9.55. The number of aliphatic hydroxyl groups is 1. The lowest BCUT2D eigenvalue weighted by molar-refractivity contribution is 0.195. The van der Waals surface area contributed by atoms with Crippen molar-refractivity contribution >= 4 is 15.8 Å². The van der Waals surface area contributed by atoms with E-state index in [2.05, 4.69) is 14.7 Å². The predicted octanol–water partition coefficient (Wildman–Crippen LogP) is 2.45. The van der Waals surface area contributed by atoms with Gasteiger partial charge in [-0.1, -0.05) is 36.4 Å². The fourth-order valence-corrected chi connectivity index (χ4v) is 4.26. The highest BCUT2D eigenvalue weighted by Crippen LogP contribution is 2.28. The second-order valence-electron chi connectivity index (χ2n) is 6.62. The van der Waals surface area contributed by atoms with E-state index < -0.39 is 10.0 Å². The number of aryl methyl sites for hydroxylation is 2. The standard InChI is InChI=1S/C21H23N3O5S/c1-15-7-9-17(26)13-19(15)30(27,28)24-20-18(10-8-16-5-3-2-4-6-16)21(23-14-22-20)29-12-11-25/h2-7,9,13-14,25-26H,8,10-12H2,1H3,(H,22,23,24). The third-order valence-corrected chi connectivity index (χ3v) is 5.92. The molecule has 2 aromatic carbocycles. The molecule has 0 unspecified atom stereocenters. The molecule has 3 N–H and O–H groups in total. The average molecular weight is 429 g/mol. The third-order valence-electron chi connectivity index (χ3n) is 4.43. The Morgan fingerprint density at radius 2 is 1.83 bits per heavy atom. The number of nitrogens with one attached hydrogen (secondary N) is 1. The van der Waals surface area contributed by atoms with Gasteiger partial charge in [0, 0.05) is 6.07 Å². The second-order valence-corrected chi connectivity index (χ2v) is 8.27. The van der Waals surface area contributed by atoms with E-state index in [-0.39, 0.29) is 35.6 Å². The number of nitrogens with zero attached hydrogens (tertiary/aromatic N) is 2. The quantitative estimate of drug-likeness (QED) is 0.478. The van der Waals surface area contributed by atoms with Gasteiger partial charge in [-0.2, -0.15) is 0 Å². The maximum atomic E-state index is 13.0. The molecule has 0 aliphatic carbocycles. The van der Waals surface area contributed by atoms with Crippen LogP contribution in [0.4, 0.5) is 5.82 Å². The molecule has 0 spiro atoms. The molecule has 0 aliphatic heterocycles. The van der Waals surface area contributed by atoms with Gasteiger partial charge in [0.2, 0.25) is 5.88 Å². The molecule has 0 fully saturated rings. The SMILES string of the molecule is Cc1ccc(O)cc1S(=O)(=O)Nc1ncnc(OCCO)c1CCc1ccccc1. The van der Waals surface area contributed by atoms with E-state index in [0.717, 1.165) is 5.56 Å². The summed E-state index contributed by atoms with van der Waals surface area (Å²) in [6.45, 7) is 1.46. The number of aliphatic hydroxyl groups excluding tert-OH is 1. The van der Waals surface area contributed by atoms with E-state index in [4.69, 9.17) is 9.84 Å². The molecule has 8 nitrogen and oxygen atoms in total. The van der Waals surface area contributed by atoms with E-state index in [1.54, 1.807) is 6.92 Å². The Balaban J connectivity index is 1.95. The predicted molar refractivity (Wildman–Crippen MR) is 112 cm³/mol. The number of phenols is 1. The number of phenolic OH excluding ortho intramolecular Hbond substituents is 1. The molecule has 1 aromatic heterocycles. The third kappa shape index (κ3) is 5.25. The lowest BCUT2D eigenvalue weighted by Crippen LogP contribution is -2.18. The van der Waals surface area contributed by atoms with E-state index in [1.807, 2.05) is 30.3 Å². The van der Waals surface area contributed by atoms with Crippen LogP contribution >= 0.6 is 0 Å². The summed E-state index contributed by atoms with van der Waals surface area (Å²) < 4.78 is 33.9. The van der Waals surface area contributed by atoms with Gasteiger partial charge in [0.25, 0.3) is 10.0 Å². The fraction of sp³-hybridized carbons (Fsp3) is 0.238. The first-order chi connectivity index (χ1) is 14.4. The first-order valence-corrected chi connectivity index (χ1v) is 10.8. The van der Waals surface area contributed by atoms with Gasteiger partial charge in [0.15, 0.2) is 0 Å². The van der Waals surface area contributed by atoms with Crippen LogP contribution in [0.3, 0.4) is 0 Å². The number of anilines is 1. The largest absolute Gasteiger partial charge is 0.508 e. The smallest absolute Gasteiger partial charge is 0.263 e. The summed E-state index contributed by atoms with van der Waals surface area (Å²) >= 11 is 0. The summed E-state index contributed by atoms with van der Waals surface area (Å²) in [5, 5.41) is 18.8. The number of benzene rings is 2. The Labute approximate surface area is 175 Å². The van der Waals surface area contributed by atoms with Crippen LogP contribution in [0.15, 0.2) is 59.8 Å². The molecule has 0 saturated carbocycles. The molecule has 30 heavy (non-hydrogen) atoms. The van der Waals surface area contributed by atoms with Gasteiger partial charge in [0.1, 0.15) is 24.5 Å². The average Bonchev–Trinajstić information content (AvgIpc) is 2.73. The Bertz CT molecular complexity index is 1100. The monoisotopic (exact) mass is 429 g/mol. The van der Waals surface area contributed by atoms with E-state index in [1.165, 1.54) is 24.5 Å². The van der Waals surface area contributed by atoms with Crippen LogP contribution in [-0.4, -0.2) is 41.8 Å². The highest BCUT2D eigenvalue weighted by molar-refractivity contribution is 7.92. The highest BCUT2D eigenvalue weighted by atomic mass is 32.2. The van der Waals surface area contributed by atoms with Crippen LogP contribution in [0.25, 0.3) is 0 Å². The summed E-state index contributed by atoms with van der Waals surface area (Å²) in [5.41, 5.74) is 2.03. The van der Waals surface area contributed by atoms with Crippen molar-refractivity contribution < 1.29 is 23.4 Å². The van der Waals surface area contributed by atoms with Gasteiger partial charge in [-0.15, -0.1) is 0 Å². The van der Waals surface area contributed by atoms with Crippen LogP contribution in [-0.2, 0) is 22.9 Å². The minimum Gasteiger partial charge on any atom is -0.508 e. The van der Waals surface area contributed by atoms with Crippen molar-refractivity contribution in [1.82, 2.24) is 9.97 Å². The number of rotatable bonds is 9. The van der Waals surface area contributed by atoms with Gasteiger partial charge in [0.05, 0.1) is 17.1 Å². The number of ether oxygens (including phenoxy) is 1. The Hall–Kier alpha value is -3.17. The van der Waals surface area contributed by atoms with Gasteiger partial charge in [-0.3, -0.25) is 4.72 Å². The van der Waals surface area contributed by atoms with Gasteiger partial charge in [-0.05, 0) is 37.0 Å². The van der Waals surface area contributed by atoms with E-state index >= 15 is 0 Å². The zero-order valence-electron chi connectivity index (χ0n) is 16.4. The summed E-state index contributed by atoms with van der Waals surface area (Å²) in [4.78, 5) is 8.17. The Kier molecular flexibility index (Phi) is 6.86. The molecule has 1 heterocycles. The minimum atomic E-state index is -4.01. The first-order valence-electron chi connectivity index (χ1n) is 9.34. The van der Waals surface area contributed by atoms with Crippen molar-refractivity contribution in [3.63, 3.8) is 0 Å². The maximum Gasteiger partial charge on any atom is 0.263 e. The van der Waals surface area contributed by atoms with Crippen LogP contribution in [0.1, 0.15) is 16.7 Å². The zero-order chi connectivity index (χ0) is 21.6. The first kappa shape index (κ1) is 21.5. The molecule has 9 heteroatoms. The van der Waals surface area contributed by atoms with Crippen molar-refractivity contribution in [1.29, 1.82) is 0 Å². The van der Waals surface area contributed by atoms with Crippen molar-refractivity contribution in [2.24, 2.45) is 0 Å². The Morgan fingerprint density at radius 1 is 1.07 bits per heavy atom. The number of aromatic hydroxyl groups is 1. The lowest BCUT2D eigenvalue weighted by atomic mass is 10.1. The van der Waals surface area contributed by atoms with Crippen molar-refractivity contribution in [3.8, 4) is 11.6 Å². The van der Waals surface area contributed by atoms with Crippen molar-refractivity contribution in [2.45, 2.75) is 24.7 Å². The van der Waals surface area contributed by atoms with Crippen LogP contribution < -0.4 is 9.46 Å². The molecule has 0 bridgehead atoms. The summed E-state index contributed by atoms with van der Waals surface area (Å²) in [6, 6.07) is 13.8. The number of sulfonamides is 1. The summed E-state index contributed by atoms with van der Waals surface area (Å²) in [7, 11) is -4.01. The minimum absolute atomic E-state index is 0.0210. The normalized spacial score (nSPS) is 11.3. The number of aromatic nitrogens is 2. The molecule has 0 aliphatic rings. The molecule has 3 aromatic rings. The van der Waals surface area contributed by atoms with Gasteiger partial charge in [-0.25, -0.2) is 18.4 Å². The fourth-order valence-electron chi connectivity index (χ4n) is 2.95. The van der Waals surface area contributed by atoms with Gasteiger partial charge >= 0.3 is 0 Å². The molecule has 0 atom stereocenters. The molecule has 3 rings (SSSR count). The topological polar surface area (TPSA) is 122 Å². The number of hydrogen-bond acceptors (Lipinski definition) is 7. The number of hydrogen-bond donors (Lipinski definition) is 3. The van der Waals surface area contributed by atoms with Crippen molar-refractivity contribution in [3.05, 3.63) is 71.5 Å². The van der Waals surface area contributed by atoms with Crippen LogP contribution in [0, 0.1) is 6.92 Å². The zero-order valence-corrected chi connectivity index (χ0v) is 17.3. The maximum absolute atomic E-state index is 13.0. The Morgan fingerprint density at radius 3 is 2.57 bits per heavy atom. The van der Waals surface area contributed by atoms with Crippen LogP contribution in [0.2, 0.25) is 0 Å². The summed E-state index contributed by atoms with van der Waals surface area (Å²) in [5.74, 6) is 0.150. The van der Waals surface area contributed by atoms with E-state index in [9.17, 15) is 13.5 Å². The van der Waals surface area contributed by atoms with E-state index in [0.29, 0.717) is 24.0 Å². The van der Waals surface area contributed by atoms with Crippen molar-refractivity contribution in [2.75, 3.05) is 17.9 Å².